The van der Waals surface area contributed by atoms with Crippen LogP contribution in [0, 0.1) is 11.3 Å². The third-order valence-corrected chi connectivity index (χ3v) is 4.23. The Labute approximate surface area is 118 Å². The van der Waals surface area contributed by atoms with E-state index in [9.17, 15) is 0 Å². The van der Waals surface area contributed by atoms with E-state index in [-0.39, 0.29) is 0 Å². The van der Waals surface area contributed by atoms with E-state index in [4.69, 9.17) is 0 Å². The monoisotopic (exact) mass is 259 g/mol. The summed E-state index contributed by atoms with van der Waals surface area (Å²) in [4.78, 5) is 0. The molecule has 0 bridgehead atoms. The van der Waals surface area contributed by atoms with Gasteiger partial charge in [-0.05, 0) is 48.1 Å². The lowest BCUT2D eigenvalue weighted by Gasteiger charge is -2.18. The number of nitrogens with one attached hydrogen (secondary N) is 1. The van der Waals surface area contributed by atoms with Gasteiger partial charge in [0.05, 0.1) is 0 Å². The molecule has 0 aliphatic heterocycles. The number of hydrogen-bond acceptors (Lipinski definition) is 1. The molecule has 1 aromatic carbocycles. The molecule has 1 aliphatic carbocycles. The minimum absolute atomic E-state index is 0.540. The average Bonchev–Trinajstić information content (AvgIpc) is 2.67. The Bertz CT molecular complexity index is 389. The molecule has 1 fully saturated rings. The second-order valence-corrected chi connectivity index (χ2v) is 7.40. The van der Waals surface area contributed by atoms with Crippen LogP contribution in [0.3, 0.4) is 0 Å². The Morgan fingerprint density at radius 1 is 1.16 bits per heavy atom. The molecule has 0 spiro atoms. The molecule has 106 valence electrons. The fourth-order valence-corrected chi connectivity index (χ4v) is 3.14. The van der Waals surface area contributed by atoms with Gasteiger partial charge in [-0.1, -0.05) is 52.0 Å². The summed E-state index contributed by atoms with van der Waals surface area (Å²) in [6, 6.07) is 9.85. The molecule has 1 atom stereocenters. The van der Waals surface area contributed by atoms with E-state index in [2.05, 4.69) is 57.3 Å². The Morgan fingerprint density at radius 3 is 2.32 bits per heavy atom. The maximum Gasteiger partial charge on any atom is 0.0208 e. The maximum absolute atomic E-state index is 3.71. The van der Waals surface area contributed by atoms with E-state index >= 15 is 0 Å². The lowest BCUT2D eigenvalue weighted by Crippen LogP contribution is -2.26. The minimum atomic E-state index is 0.540. The summed E-state index contributed by atoms with van der Waals surface area (Å²) < 4.78 is 0. The van der Waals surface area contributed by atoms with Gasteiger partial charge < -0.3 is 5.32 Å². The van der Waals surface area contributed by atoms with Crippen LogP contribution in [-0.2, 0) is 13.0 Å². The Hall–Kier alpha value is -0.820. The zero-order valence-electron chi connectivity index (χ0n) is 13.0. The molecule has 1 heteroatoms. The molecule has 1 N–H and O–H groups in total. The normalized spacial score (nSPS) is 22.1. The molecule has 1 aliphatic rings. The van der Waals surface area contributed by atoms with Crippen LogP contribution in [0.4, 0.5) is 0 Å². The van der Waals surface area contributed by atoms with E-state index < -0.39 is 0 Å². The van der Waals surface area contributed by atoms with Gasteiger partial charge in [0.25, 0.3) is 0 Å². The zero-order chi connectivity index (χ0) is 13.9. The van der Waals surface area contributed by atoms with Gasteiger partial charge in [0.2, 0.25) is 0 Å². The van der Waals surface area contributed by atoms with Crippen LogP contribution in [0.2, 0.25) is 0 Å². The van der Waals surface area contributed by atoms with Crippen molar-refractivity contribution in [1.82, 2.24) is 5.32 Å². The van der Waals surface area contributed by atoms with Crippen molar-refractivity contribution < 1.29 is 0 Å². The molecule has 19 heavy (non-hydrogen) atoms. The number of benzene rings is 1. The summed E-state index contributed by atoms with van der Waals surface area (Å²) in [5.74, 6) is 0.740. The van der Waals surface area contributed by atoms with Crippen LogP contribution in [0.5, 0.6) is 0 Å². The zero-order valence-corrected chi connectivity index (χ0v) is 13.0. The maximum atomic E-state index is 3.71. The predicted molar refractivity (Wildman–Crippen MR) is 83.2 cm³/mol. The van der Waals surface area contributed by atoms with Gasteiger partial charge in [0.15, 0.2) is 0 Å². The molecule has 1 saturated carbocycles. The van der Waals surface area contributed by atoms with Crippen molar-refractivity contribution in [2.75, 3.05) is 0 Å². The molecule has 1 unspecified atom stereocenters. The first-order valence-electron chi connectivity index (χ1n) is 7.76. The highest BCUT2D eigenvalue weighted by Gasteiger charge is 2.30. The first-order valence-corrected chi connectivity index (χ1v) is 7.76. The SMILES string of the molecule is CC(C)Cc1ccc(CNC2CCC(C)(C)C2)cc1. The van der Waals surface area contributed by atoms with Crippen molar-refractivity contribution in [2.45, 2.75) is 66.0 Å². The summed E-state index contributed by atoms with van der Waals surface area (Å²) in [7, 11) is 0. The Kier molecular flexibility index (Phi) is 4.67. The van der Waals surface area contributed by atoms with Crippen LogP contribution in [0.15, 0.2) is 24.3 Å². The highest BCUT2D eigenvalue weighted by Crippen LogP contribution is 2.36. The predicted octanol–water partition coefficient (Wildman–Crippen LogP) is 4.55. The van der Waals surface area contributed by atoms with Crippen molar-refractivity contribution >= 4 is 0 Å². The fraction of sp³-hybridized carbons (Fsp3) is 0.667. The molecule has 1 nitrogen and oxygen atoms in total. The minimum Gasteiger partial charge on any atom is -0.310 e. The summed E-state index contributed by atoms with van der Waals surface area (Å²) in [5, 5.41) is 3.71. The third-order valence-electron chi connectivity index (χ3n) is 4.23. The fourth-order valence-electron chi connectivity index (χ4n) is 3.14. The number of hydrogen-bond donors (Lipinski definition) is 1. The van der Waals surface area contributed by atoms with Gasteiger partial charge in [-0.3, -0.25) is 0 Å². The third kappa shape index (κ3) is 4.65. The van der Waals surface area contributed by atoms with Gasteiger partial charge in [0, 0.05) is 12.6 Å². The standard InChI is InChI=1S/C18H29N/c1-14(2)11-15-5-7-16(8-6-15)13-19-17-9-10-18(3,4)12-17/h5-8,14,17,19H,9-13H2,1-4H3. The van der Waals surface area contributed by atoms with Gasteiger partial charge >= 0.3 is 0 Å². The van der Waals surface area contributed by atoms with Crippen LogP contribution >= 0.6 is 0 Å². The second kappa shape index (κ2) is 6.09. The molecule has 0 aromatic heterocycles. The molecule has 1 aromatic rings. The first-order chi connectivity index (χ1) is 8.94. The average molecular weight is 259 g/mol. The molecular formula is C18H29N. The van der Waals surface area contributed by atoms with Crippen molar-refractivity contribution in [3.8, 4) is 0 Å². The van der Waals surface area contributed by atoms with E-state index in [1.807, 2.05) is 0 Å². The van der Waals surface area contributed by atoms with Gasteiger partial charge in [-0.2, -0.15) is 0 Å². The second-order valence-electron chi connectivity index (χ2n) is 7.40. The first kappa shape index (κ1) is 14.6. The lowest BCUT2D eigenvalue weighted by atomic mass is 9.92. The molecule has 0 heterocycles. The lowest BCUT2D eigenvalue weighted by molar-refractivity contribution is 0.364. The number of rotatable bonds is 5. The quantitative estimate of drug-likeness (QED) is 0.817. The van der Waals surface area contributed by atoms with Crippen LogP contribution < -0.4 is 5.32 Å². The molecule has 2 rings (SSSR count). The van der Waals surface area contributed by atoms with Crippen LogP contribution in [-0.4, -0.2) is 6.04 Å². The van der Waals surface area contributed by atoms with Crippen LogP contribution in [0.25, 0.3) is 0 Å². The van der Waals surface area contributed by atoms with E-state index in [1.54, 1.807) is 0 Å². The molecule has 0 amide bonds. The van der Waals surface area contributed by atoms with E-state index in [0.29, 0.717) is 11.5 Å². The summed E-state index contributed by atoms with van der Waals surface area (Å²) >= 11 is 0. The highest BCUT2D eigenvalue weighted by molar-refractivity contribution is 5.22. The molecular weight excluding hydrogens is 230 g/mol. The van der Waals surface area contributed by atoms with Crippen molar-refractivity contribution in [1.29, 1.82) is 0 Å². The highest BCUT2D eigenvalue weighted by atomic mass is 14.9. The largest absolute Gasteiger partial charge is 0.310 e. The van der Waals surface area contributed by atoms with E-state index in [1.165, 1.54) is 36.8 Å². The van der Waals surface area contributed by atoms with Crippen LogP contribution in [0.1, 0.15) is 58.1 Å². The summed E-state index contributed by atoms with van der Waals surface area (Å²) in [6.07, 6.45) is 5.19. The van der Waals surface area contributed by atoms with Crippen molar-refractivity contribution in [3.05, 3.63) is 35.4 Å². The van der Waals surface area contributed by atoms with Gasteiger partial charge in [-0.25, -0.2) is 0 Å². The smallest absolute Gasteiger partial charge is 0.0208 e. The Morgan fingerprint density at radius 2 is 1.79 bits per heavy atom. The topological polar surface area (TPSA) is 12.0 Å². The van der Waals surface area contributed by atoms with Crippen molar-refractivity contribution in [3.63, 3.8) is 0 Å². The Balaban J connectivity index is 1.80. The van der Waals surface area contributed by atoms with Gasteiger partial charge in [0.1, 0.15) is 0 Å². The van der Waals surface area contributed by atoms with E-state index in [0.717, 1.165) is 12.5 Å². The molecule has 0 radical (unpaired) electrons. The summed E-state index contributed by atoms with van der Waals surface area (Å²) in [6.45, 7) is 10.3. The summed E-state index contributed by atoms with van der Waals surface area (Å²) in [5.41, 5.74) is 3.41. The van der Waals surface area contributed by atoms with Crippen molar-refractivity contribution in [2.24, 2.45) is 11.3 Å². The molecule has 0 saturated heterocycles. The van der Waals surface area contributed by atoms with Gasteiger partial charge in [-0.15, -0.1) is 0 Å².